The van der Waals surface area contributed by atoms with Gasteiger partial charge in [0.25, 0.3) is 0 Å². The summed E-state index contributed by atoms with van der Waals surface area (Å²) in [5.74, 6) is 0. The Hall–Kier alpha value is -0.880. The molecule has 20 heavy (non-hydrogen) atoms. The molecule has 4 nitrogen and oxygen atoms in total. The quantitative estimate of drug-likeness (QED) is 0.861. The van der Waals surface area contributed by atoms with Crippen LogP contribution in [0.4, 0.5) is 0 Å². The van der Waals surface area contributed by atoms with Crippen molar-refractivity contribution in [2.45, 2.75) is 32.1 Å². The van der Waals surface area contributed by atoms with Crippen LogP contribution in [0.25, 0.3) is 10.9 Å². The second-order valence-corrected chi connectivity index (χ2v) is 6.46. The Kier molecular flexibility index (Phi) is 3.62. The maximum atomic E-state index is 11.8. The molecule has 1 aliphatic carbocycles. The van der Waals surface area contributed by atoms with Crippen LogP contribution in [0.1, 0.15) is 31.5 Å². The predicted octanol–water partition coefficient (Wildman–Crippen LogP) is 3.89. The number of aromatic amines is 1. The molecule has 1 atom stereocenters. The third-order valence-corrected chi connectivity index (χ3v) is 4.83. The molecule has 0 bridgehead atoms. The highest BCUT2D eigenvalue weighted by Gasteiger charge is 2.37. The standard InChI is InChI=1S/C15H18BrN2O2/c1-3-20-18(19)9-15(2)8-7-11-10-5-4-6-12(16)13(10)17-14(11)15/h4-6,17H,3,7-9H2,1-2H3/q-1. The van der Waals surface area contributed by atoms with Gasteiger partial charge in [0.2, 0.25) is 0 Å². The minimum absolute atomic E-state index is 0.176. The molecule has 2 aromatic rings. The minimum atomic E-state index is -0.176. The third-order valence-electron chi connectivity index (χ3n) is 4.17. The van der Waals surface area contributed by atoms with E-state index in [-0.39, 0.29) is 5.41 Å². The predicted molar refractivity (Wildman–Crippen MR) is 83.4 cm³/mol. The van der Waals surface area contributed by atoms with Gasteiger partial charge < -0.3 is 15.0 Å². The van der Waals surface area contributed by atoms with Crippen LogP contribution < -0.4 is 0 Å². The average molecular weight is 338 g/mol. The van der Waals surface area contributed by atoms with Crippen molar-refractivity contribution in [3.63, 3.8) is 0 Å². The van der Waals surface area contributed by atoms with Gasteiger partial charge in [-0.3, -0.25) is 5.23 Å². The Morgan fingerprint density at radius 1 is 1.50 bits per heavy atom. The Balaban J connectivity index is 2.01. The number of H-pyrrole nitrogens is 1. The van der Waals surface area contributed by atoms with Crippen molar-refractivity contribution < 1.29 is 4.84 Å². The van der Waals surface area contributed by atoms with Gasteiger partial charge in [0, 0.05) is 27.5 Å². The second-order valence-electron chi connectivity index (χ2n) is 5.61. The number of aryl methyl sites for hydroxylation is 1. The summed E-state index contributed by atoms with van der Waals surface area (Å²) in [7, 11) is 0. The van der Waals surface area contributed by atoms with E-state index in [1.165, 1.54) is 16.6 Å². The first kappa shape index (κ1) is 14.1. The van der Waals surface area contributed by atoms with Gasteiger partial charge in [0.15, 0.2) is 0 Å². The number of halogens is 1. The SMILES string of the molecule is CCON([O-])CC1(C)CCc2c1[nH]c1c(Br)cccc21. The highest BCUT2D eigenvalue weighted by Crippen LogP contribution is 2.43. The lowest BCUT2D eigenvalue weighted by atomic mass is 9.88. The minimum Gasteiger partial charge on any atom is -0.762 e. The van der Waals surface area contributed by atoms with E-state index < -0.39 is 0 Å². The number of para-hydroxylation sites is 1. The van der Waals surface area contributed by atoms with E-state index in [0.29, 0.717) is 13.2 Å². The van der Waals surface area contributed by atoms with E-state index in [1.54, 1.807) is 0 Å². The molecule has 0 saturated carbocycles. The van der Waals surface area contributed by atoms with Crippen molar-refractivity contribution in [1.82, 2.24) is 10.2 Å². The number of hydrogen-bond acceptors (Lipinski definition) is 3. The molecule has 108 valence electrons. The maximum absolute atomic E-state index is 11.8. The van der Waals surface area contributed by atoms with Crippen LogP contribution in [0.5, 0.6) is 0 Å². The molecule has 0 saturated heterocycles. The number of nitrogens with one attached hydrogen (secondary N) is 1. The van der Waals surface area contributed by atoms with E-state index >= 15 is 0 Å². The Morgan fingerprint density at radius 2 is 2.30 bits per heavy atom. The Bertz CT molecular complexity index is 640. The molecule has 1 aromatic carbocycles. The van der Waals surface area contributed by atoms with Crippen LogP contribution in [0.15, 0.2) is 22.7 Å². The van der Waals surface area contributed by atoms with Gasteiger partial charge in [-0.2, -0.15) is 0 Å². The Morgan fingerprint density at radius 3 is 3.05 bits per heavy atom. The zero-order valence-corrected chi connectivity index (χ0v) is 13.3. The van der Waals surface area contributed by atoms with Crippen molar-refractivity contribution in [2.24, 2.45) is 0 Å². The normalized spacial score (nSPS) is 21.9. The molecule has 0 radical (unpaired) electrons. The number of hydroxylamine groups is 2. The number of rotatable bonds is 4. The lowest BCUT2D eigenvalue weighted by molar-refractivity contribution is -0.125. The molecular weight excluding hydrogens is 320 g/mol. The first-order chi connectivity index (χ1) is 9.55. The highest BCUT2D eigenvalue weighted by atomic mass is 79.9. The zero-order chi connectivity index (χ0) is 14.3. The molecule has 0 spiro atoms. The molecule has 1 heterocycles. The van der Waals surface area contributed by atoms with E-state index in [9.17, 15) is 5.21 Å². The summed E-state index contributed by atoms with van der Waals surface area (Å²) >= 11 is 3.58. The van der Waals surface area contributed by atoms with E-state index in [4.69, 9.17) is 4.84 Å². The van der Waals surface area contributed by atoms with Gasteiger partial charge in [0.05, 0.1) is 12.1 Å². The fourth-order valence-electron chi connectivity index (χ4n) is 3.17. The van der Waals surface area contributed by atoms with E-state index in [1.807, 2.05) is 13.0 Å². The highest BCUT2D eigenvalue weighted by molar-refractivity contribution is 9.10. The maximum Gasteiger partial charge on any atom is 0.0644 e. The number of hydrogen-bond donors (Lipinski definition) is 1. The van der Waals surface area contributed by atoms with E-state index in [2.05, 4.69) is 40.0 Å². The van der Waals surface area contributed by atoms with Crippen LogP contribution in [0, 0.1) is 5.21 Å². The smallest absolute Gasteiger partial charge is 0.0644 e. The summed E-state index contributed by atoms with van der Waals surface area (Å²) in [4.78, 5) is 8.55. The van der Waals surface area contributed by atoms with Crippen LogP contribution >= 0.6 is 15.9 Å². The van der Waals surface area contributed by atoms with Crippen molar-refractivity contribution in [3.8, 4) is 0 Å². The molecule has 1 N–H and O–H groups in total. The van der Waals surface area contributed by atoms with Crippen LogP contribution in [0.2, 0.25) is 0 Å². The van der Waals surface area contributed by atoms with Gasteiger partial charge in [0.1, 0.15) is 0 Å². The fourth-order valence-corrected chi connectivity index (χ4v) is 3.64. The average Bonchev–Trinajstić information content (AvgIpc) is 2.90. The molecule has 3 rings (SSSR count). The van der Waals surface area contributed by atoms with Gasteiger partial charge in [-0.05, 0) is 47.3 Å². The number of fused-ring (bicyclic) bond motifs is 3. The molecular formula is C15H18BrN2O2-. The third kappa shape index (κ3) is 2.19. The summed E-state index contributed by atoms with van der Waals surface area (Å²) in [6.45, 7) is 4.72. The lowest BCUT2D eigenvalue weighted by Crippen LogP contribution is -2.34. The molecule has 5 heteroatoms. The summed E-state index contributed by atoms with van der Waals surface area (Å²) in [6, 6.07) is 6.22. The van der Waals surface area contributed by atoms with Crippen molar-refractivity contribution in [3.05, 3.63) is 39.1 Å². The summed E-state index contributed by atoms with van der Waals surface area (Å²) in [5, 5.41) is 13.7. The molecule has 0 fully saturated rings. The van der Waals surface area contributed by atoms with Crippen molar-refractivity contribution in [2.75, 3.05) is 13.2 Å². The van der Waals surface area contributed by atoms with Gasteiger partial charge in [-0.15, -0.1) is 0 Å². The second kappa shape index (κ2) is 5.15. The lowest BCUT2D eigenvalue weighted by Gasteiger charge is -2.35. The van der Waals surface area contributed by atoms with Crippen molar-refractivity contribution in [1.29, 1.82) is 0 Å². The first-order valence-corrected chi connectivity index (χ1v) is 7.71. The van der Waals surface area contributed by atoms with E-state index in [0.717, 1.165) is 28.1 Å². The van der Waals surface area contributed by atoms with Gasteiger partial charge in [-0.25, -0.2) is 0 Å². The monoisotopic (exact) mass is 337 g/mol. The van der Waals surface area contributed by atoms with Gasteiger partial charge >= 0.3 is 0 Å². The topological polar surface area (TPSA) is 51.3 Å². The van der Waals surface area contributed by atoms with Crippen molar-refractivity contribution >= 4 is 26.8 Å². The number of aromatic nitrogens is 1. The molecule has 1 unspecified atom stereocenters. The number of benzene rings is 1. The largest absolute Gasteiger partial charge is 0.762 e. The van der Waals surface area contributed by atoms with Crippen LogP contribution in [-0.2, 0) is 16.7 Å². The molecule has 0 aliphatic heterocycles. The molecule has 0 amide bonds. The summed E-state index contributed by atoms with van der Waals surface area (Å²) in [6.07, 6.45) is 1.98. The fraction of sp³-hybridized carbons (Fsp3) is 0.467. The zero-order valence-electron chi connectivity index (χ0n) is 11.7. The van der Waals surface area contributed by atoms with Gasteiger partial charge in [-0.1, -0.05) is 19.1 Å². The Labute approximate surface area is 126 Å². The molecule has 1 aliphatic rings. The van der Waals surface area contributed by atoms with Crippen LogP contribution in [0.3, 0.4) is 0 Å². The summed E-state index contributed by atoms with van der Waals surface area (Å²) < 4.78 is 1.07. The summed E-state index contributed by atoms with van der Waals surface area (Å²) in [5.41, 5.74) is 3.47. The van der Waals surface area contributed by atoms with Crippen LogP contribution in [-0.4, -0.2) is 23.4 Å². The molecule has 1 aromatic heterocycles. The number of nitrogens with zero attached hydrogens (tertiary/aromatic N) is 1. The first-order valence-electron chi connectivity index (χ1n) is 6.92.